The SMILES string of the molecule is Cc1cccc(N(CCC#N)CC(=O)C(C)O)c1. The largest absolute Gasteiger partial charge is 0.386 e. The van der Waals surface area contributed by atoms with Gasteiger partial charge in [0.1, 0.15) is 6.10 Å². The fraction of sp³-hybridized carbons (Fsp3) is 0.429. The first-order valence-corrected chi connectivity index (χ1v) is 5.94. The molecule has 0 aliphatic heterocycles. The Morgan fingerprint density at radius 1 is 1.56 bits per heavy atom. The van der Waals surface area contributed by atoms with Gasteiger partial charge in [-0.1, -0.05) is 12.1 Å². The Bertz CT molecular complexity index is 449. The zero-order valence-electron chi connectivity index (χ0n) is 10.8. The third-order valence-corrected chi connectivity index (χ3v) is 2.67. The van der Waals surface area contributed by atoms with Crippen molar-refractivity contribution in [1.82, 2.24) is 0 Å². The third-order valence-electron chi connectivity index (χ3n) is 2.67. The molecule has 1 aromatic rings. The molecule has 0 aliphatic carbocycles. The van der Waals surface area contributed by atoms with E-state index in [4.69, 9.17) is 5.26 Å². The van der Waals surface area contributed by atoms with Crippen molar-refractivity contribution in [2.45, 2.75) is 26.4 Å². The molecule has 1 atom stereocenters. The van der Waals surface area contributed by atoms with Crippen LogP contribution in [0.3, 0.4) is 0 Å². The Morgan fingerprint density at radius 2 is 2.28 bits per heavy atom. The van der Waals surface area contributed by atoms with E-state index in [0.29, 0.717) is 13.0 Å². The van der Waals surface area contributed by atoms with Gasteiger partial charge in [-0.3, -0.25) is 4.79 Å². The molecule has 0 aromatic heterocycles. The molecule has 1 N–H and O–H groups in total. The van der Waals surface area contributed by atoms with Gasteiger partial charge in [-0.25, -0.2) is 0 Å². The van der Waals surface area contributed by atoms with E-state index in [1.165, 1.54) is 6.92 Å². The number of hydrogen-bond donors (Lipinski definition) is 1. The lowest BCUT2D eigenvalue weighted by molar-refractivity contribution is -0.124. The van der Waals surface area contributed by atoms with Gasteiger partial charge in [0.15, 0.2) is 5.78 Å². The number of nitrogens with zero attached hydrogens (tertiary/aromatic N) is 2. The quantitative estimate of drug-likeness (QED) is 0.829. The minimum Gasteiger partial charge on any atom is -0.386 e. The molecule has 96 valence electrons. The highest BCUT2D eigenvalue weighted by atomic mass is 16.3. The van der Waals surface area contributed by atoms with E-state index in [1.807, 2.05) is 36.1 Å². The number of benzene rings is 1. The van der Waals surface area contributed by atoms with Crippen LogP contribution in [0.25, 0.3) is 0 Å². The van der Waals surface area contributed by atoms with E-state index in [1.54, 1.807) is 0 Å². The van der Waals surface area contributed by atoms with Crippen LogP contribution in [0.15, 0.2) is 24.3 Å². The van der Waals surface area contributed by atoms with Crippen LogP contribution in [0.1, 0.15) is 18.9 Å². The fourth-order valence-corrected chi connectivity index (χ4v) is 1.63. The highest BCUT2D eigenvalue weighted by molar-refractivity contribution is 5.87. The van der Waals surface area contributed by atoms with Crippen molar-refractivity contribution >= 4 is 11.5 Å². The van der Waals surface area contributed by atoms with Crippen LogP contribution in [0.5, 0.6) is 0 Å². The summed E-state index contributed by atoms with van der Waals surface area (Å²) in [5, 5.41) is 17.9. The average molecular weight is 246 g/mol. The Balaban J connectivity index is 2.84. The van der Waals surface area contributed by atoms with Gasteiger partial charge in [-0.05, 0) is 31.5 Å². The minimum absolute atomic E-state index is 0.128. The van der Waals surface area contributed by atoms with Crippen molar-refractivity contribution in [3.8, 4) is 6.07 Å². The number of hydrogen-bond acceptors (Lipinski definition) is 4. The van der Waals surface area contributed by atoms with Gasteiger partial charge < -0.3 is 10.0 Å². The van der Waals surface area contributed by atoms with Gasteiger partial charge in [0.2, 0.25) is 0 Å². The van der Waals surface area contributed by atoms with Crippen molar-refractivity contribution < 1.29 is 9.90 Å². The zero-order valence-corrected chi connectivity index (χ0v) is 10.8. The van der Waals surface area contributed by atoms with E-state index in [0.717, 1.165) is 11.3 Å². The third kappa shape index (κ3) is 4.19. The predicted molar refractivity (Wildman–Crippen MR) is 70.3 cm³/mol. The molecular weight excluding hydrogens is 228 g/mol. The molecule has 1 rings (SSSR count). The normalized spacial score (nSPS) is 11.7. The lowest BCUT2D eigenvalue weighted by atomic mass is 10.1. The molecule has 1 aromatic carbocycles. The predicted octanol–water partition coefficient (Wildman–Crippen LogP) is 1.66. The van der Waals surface area contributed by atoms with E-state index in [-0.39, 0.29) is 12.3 Å². The number of aliphatic hydroxyl groups is 1. The van der Waals surface area contributed by atoms with Gasteiger partial charge in [-0.15, -0.1) is 0 Å². The van der Waals surface area contributed by atoms with E-state index in [9.17, 15) is 9.90 Å². The number of aliphatic hydroxyl groups excluding tert-OH is 1. The van der Waals surface area contributed by atoms with Crippen molar-refractivity contribution in [3.63, 3.8) is 0 Å². The zero-order chi connectivity index (χ0) is 13.5. The lowest BCUT2D eigenvalue weighted by Gasteiger charge is -2.24. The summed E-state index contributed by atoms with van der Waals surface area (Å²) in [6.07, 6.45) is -0.625. The van der Waals surface area contributed by atoms with E-state index < -0.39 is 6.10 Å². The first-order valence-electron chi connectivity index (χ1n) is 5.94. The number of carbonyl (C=O) groups is 1. The number of Topliss-reactive ketones (excluding diaryl/α,β-unsaturated/α-hetero) is 1. The van der Waals surface area contributed by atoms with Crippen LogP contribution >= 0.6 is 0 Å². The minimum atomic E-state index is -0.973. The van der Waals surface area contributed by atoms with Crippen molar-refractivity contribution in [2.24, 2.45) is 0 Å². The fourth-order valence-electron chi connectivity index (χ4n) is 1.63. The molecule has 4 nitrogen and oxygen atoms in total. The van der Waals surface area contributed by atoms with Gasteiger partial charge in [0.05, 0.1) is 19.0 Å². The average Bonchev–Trinajstić information content (AvgIpc) is 2.34. The van der Waals surface area contributed by atoms with Crippen LogP contribution in [0.4, 0.5) is 5.69 Å². The Kier molecular flexibility index (Phi) is 5.34. The summed E-state index contributed by atoms with van der Waals surface area (Å²) >= 11 is 0. The summed E-state index contributed by atoms with van der Waals surface area (Å²) in [5.74, 6) is -0.241. The molecule has 0 spiro atoms. The second kappa shape index (κ2) is 6.77. The van der Waals surface area contributed by atoms with Crippen LogP contribution in [-0.2, 0) is 4.79 Å². The van der Waals surface area contributed by atoms with Gasteiger partial charge >= 0.3 is 0 Å². The number of ketones is 1. The maximum atomic E-state index is 11.6. The summed E-state index contributed by atoms with van der Waals surface area (Å²) in [4.78, 5) is 13.4. The Hall–Kier alpha value is -1.86. The molecular formula is C14H18N2O2. The molecule has 0 saturated heterocycles. The summed E-state index contributed by atoms with van der Waals surface area (Å²) in [5.41, 5.74) is 2.00. The second-order valence-corrected chi connectivity index (χ2v) is 4.31. The second-order valence-electron chi connectivity index (χ2n) is 4.31. The topological polar surface area (TPSA) is 64.3 Å². The summed E-state index contributed by atoms with van der Waals surface area (Å²) in [7, 11) is 0. The van der Waals surface area contributed by atoms with E-state index >= 15 is 0 Å². The molecule has 0 radical (unpaired) electrons. The molecule has 0 aliphatic rings. The number of nitriles is 1. The molecule has 0 heterocycles. The smallest absolute Gasteiger partial charge is 0.180 e. The molecule has 1 unspecified atom stereocenters. The maximum Gasteiger partial charge on any atom is 0.180 e. The maximum absolute atomic E-state index is 11.6. The first kappa shape index (κ1) is 14.2. The molecule has 0 bridgehead atoms. The standard InChI is InChI=1S/C14H18N2O2/c1-11-5-3-6-13(9-11)16(8-4-7-15)10-14(18)12(2)17/h3,5-6,9,12,17H,4,8,10H2,1-2H3. The van der Waals surface area contributed by atoms with Crippen LogP contribution < -0.4 is 4.90 Å². The van der Waals surface area contributed by atoms with Crippen molar-refractivity contribution in [2.75, 3.05) is 18.0 Å². The molecule has 0 amide bonds. The lowest BCUT2D eigenvalue weighted by Crippen LogP contribution is -2.35. The molecule has 0 saturated carbocycles. The summed E-state index contributed by atoms with van der Waals surface area (Å²) in [6, 6.07) is 9.83. The van der Waals surface area contributed by atoms with Crippen molar-refractivity contribution in [3.05, 3.63) is 29.8 Å². The van der Waals surface area contributed by atoms with Crippen LogP contribution in [0.2, 0.25) is 0 Å². The molecule has 4 heteroatoms. The molecule has 0 fully saturated rings. The number of aryl methyl sites for hydroxylation is 1. The highest BCUT2D eigenvalue weighted by Crippen LogP contribution is 2.16. The first-order chi connectivity index (χ1) is 8.54. The summed E-state index contributed by atoms with van der Waals surface area (Å²) in [6.45, 7) is 4.05. The van der Waals surface area contributed by atoms with Gasteiger partial charge in [0.25, 0.3) is 0 Å². The Morgan fingerprint density at radius 3 is 2.83 bits per heavy atom. The van der Waals surface area contributed by atoms with Crippen LogP contribution in [-0.4, -0.2) is 30.1 Å². The molecule has 18 heavy (non-hydrogen) atoms. The van der Waals surface area contributed by atoms with Gasteiger partial charge in [-0.2, -0.15) is 5.26 Å². The highest BCUT2D eigenvalue weighted by Gasteiger charge is 2.15. The number of carbonyl (C=O) groups excluding carboxylic acids is 1. The Labute approximate surface area is 107 Å². The monoisotopic (exact) mass is 246 g/mol. The van der Waals surface area contributed by atoms with Crippen molar-refractivity contribution in [1.29, 1.82) is 5.26 Å². The van der Waals surface area contributed by atoms with Gasteiger partial charge in [0, 0.05) is 12.2 Å². The number of rotatable bonds is 6. The van der Waals surface area contributed by atoms with Crippen LogP contribution in [0, 0.1) is 18.3 Å². The number of anilines is 1. The summed E-state index contributed by atoms with van der Waals surface area (Å²) < 4.78 is 0. The van der Waals surface area contributed by atoms with E-state index in [2.05, 4.69) is 6.07 Å².